The smallest absolute Gasteiger partial charge is 0.407 e. The number of alkyl carbamates (subject to hydrolysis) is 1. The Kier molecular flexibility index (Phi) is 10.5. The highest BCUT2D eigenvalue weighted by atomic mass is 16.7. The molecule has 3 aromatic heterocycles. The van der Waals surface area contributed by atoms with E-state index in [4.69, 9.17) is 24.2 Å². The van der Waals surface area contributed by atoms with Gasteiger partial charge in [-0.15, -0.1) is 0 Å². The summed E-state index contributed by atoms with van der Waals surface area (Å²) in [5, 5.41) is 5.88. The second-order valence-corrected chi connectivity index (χ2v) is 16.6. The molecule has 4 fully saturated rings. The summed E-state index contributed by atoms with van der Waals surface area (Å²) in [4.78, 5) is 62.2. The van der Waals surface area contributed by atoms with Gasteiger partial charge in [0.25, 0.3) is 0 Å². The van der Waals surface area contributed by atoms with Crippen LogP contribution in [0.25, 0.3) is 33.6 Å². The predicted octanol–water partition coefficient (Wildman–Crippen LogP) is 6.37. The molecule has 2 aliphatic heterocycles. The molecule has 5 heterocycles. The molecule has 2 aromatic carbocycles. The van der Waals surface area contributed by atoms with Crippen LogP contribution in [0.1, 0.15) is 68.7 Å². The average Bonchev–Trinajstić information content (AvgIpc) is 4.14. The second-order valence-electron chi connectivity index (χ2n) is 16.6. The van der Waals surface area contributed by atoms with Crippen LogP contribution < -0.4 is 10.6 Å². The lowest BCUT2D eigenvalue weighted by Gasteiger charge is -2.30. The normalized spacial score (nSPS) is 23.5. The van der Waals surface area contributed by atoms with E-state index in [1.165, 1.54) is 7.11 Å². The first kappa shape index (κ1) is 38.6. The van der Waals surface area contributed by atoms with Crippen LogP contribution in [-0.2, 0) is 30.3 Å². The van der Waals surface area contributed by atoms with E-state index in [1.54, 1.807) is 23.5 Å². The summed E-state index contributed by atoms with van der Waals surface area (Å²) in [6.45, 7) is 5.35. The van der Waals surface area contributed by atoms with Gasteiger partial charge in [-0.2, -0.15) is 0 Å². The third-order valence-electron chi connectivity index (χ3n) is 12.7. The molecule has 59 heavy (non-hydrogen) atoms. The number of hydrogen-bond donors (Lipinski definition) is 4. The van der Waals surface area contributed by atoms with Crippen molar-refractivity contribution in [1.82, 2.24) is 40.5 Å². The number of aromatic nitrogens is 5. The number of amides is 3. The Bertz CT molecular complexity index is 2280. The zero-order chi connectivity index (χ0) is 40.7. The molecule has 2 saturated carbocycles. The van der Waals surface area contributed by atoms with Crippen molar-refractivity contribution in [3.8, 4) is 33.6 Å². The maximum Gasteiger partial charge on any atom is 0.407 e. The van der Waals surface area contributed by atoms with Gasteiger partial charge in [0.1, 0.15) is 17.7 Å². The fourth-order valence-electron chi connectivity index (χ4n) is 9.76. The Morgan fingerprint density at radius 3 is 2.12 bits per heavy atom. The number of benzene rings is 2. The van der Waals surface area contributed by atoms with Crippen molar-refractivity contribution < 1.29 is 28.6 Å². The standard InChI is InChI=1S/C45H50N8O6/c1-26(2)39(52-44(56)57-3)43(55)53-25-45(58-17-18-59-45)20-36(53)40-47-23-34(50-40)30-10-6-28(7-11-30)29-8-12-31(13-9-29)35-24-48-41(51-35)37-32-14-15-33(19-32)38(37)42(54)49-22-27-5-4-16-46-21-27/h4-13,16,21,23-24,26,32-33,36-39H,14-15,17-20,22,25H2,1-3H3,(H,47,50)(H,48,51)(H,49,54)(H,52,56)/t32?,33?,36-,37+,38+,39?/m0/s1. The second kappa shape index (κ2) is 16.1. The highest BCUT2D eigenvalue weighted by molar-refractivity contribution is 5.86. The van der Waals surface area contributed by atoms with Gasteiger partial charge >= 0.3 is 6.09 Å². The number of methoxy groups -OCH3 is 1. The first-order chi connectivity index (χ1) is 28.7. The zero-order valence-electron chi connectivity index (χ0n) is 33.5. The number of hydrogen-bond acceptors (Lipinski definition) is 9. The molecular weight excluding hydrogens is 749 g/mol. The van der Waals surface area contributed by atoms with Gasteiger partial charge in [0, 0.05) is 31.3 Å². The molecule has 14 nitrogen and oxygen atoms in total. The number of fused-ring (bicyclic) bond motifs is 2. The van der Waals surface area contributed by atoms with Gasteiger partial charge in [0.2, 0.25) is 11.8 Å². The van der Waals surface area contributed by atoms with Crippen molar-refractivity contribution in [2.24, 2.45) is 23.7 Å². The van der Waals surface area contributed by atoms with E-state index < -0.39 is 24.0 Å². The molecule has 3 unspecified atom stereocenters. The van der Waals surface area contributed by atoms with Crippen molar-refractivity contribution in [1.29, 1.82) is 0 Å². The molecule has 14 heteroatoms. The summed E-state index contributed by atoms with van der Waals surface area (Å²) >= 11 is 0. The molecule has 4 aliphatic rings. The SMILES string of the molecule is COC(=O)NC(C(=O)N1CC2(C[C@H]1c1ncc(-c3ccc(-c4ccc(-c5cnc([C@@H]6C7CCC(C7)[C@H]6C(=O)NCc6cccnc6)[nH]5)cc4)cc3)[nH]1)OCCO2)C(C)C. The van der Waals surface area contributed by atoms with E-state index in [1.807, 2.05) is 32.2 Å². The van der Waals surface area contributed by atoms with Crippen LogP contribution in [0.2, 0.25) is 0 Å². The molecular formula is C45H50N8O6. The summed E-state index contributed by atoms with van der Waals surface area (Å²) in [5.41, 5.74) is 6.87. The van der Waals surface area contributed by atoms with Gasteiger partial charge in [-0.1, -0.05) is 68.4 Å². The minimum atomic E-state index is -0.922. The number of likely N-dealkylation sites (tertiary alicyclic amines) is 1. The fraction of sp³-hybridized carbons (Fsp3) is 0.422. The van der Waals surface area contributed by atoms with Crippen LogP contribution >= 0.6 is 0 Å². The summed E-state index contributed by atoms with van der Waals surface area (Å²) in [5.74, 6) is 1.11. The third kappa shape index (κ3) is 7.62. The molecule has 0 radical (unpaired) electrons. The minimum absolute atomic E-state index is 0.0827. The fourth-order valence-corrected chi connectivity index (χ4v) is 9.76. The molecule has 3 amide bonds. The van der Waals surface area contributed by atoms with Crippen LogP contribution in [0.15, 0.2) is 85.5 Å². The topological polar surface area (TPSA) is 176 Å². The molecule has 9 rings (SSSR count). The lowest BCUT2D eigenvalue weighted by Crippen LogP contribution is -2.52. The van der Waals surface area contributed by atoms with Gasteiger partial charge < -0.3 is 39.7 Å². The van der Waals surface area contributed by atoms with Crippen molar-refractivity contribution in [2.45, 2.75) is 69.9 Å². The van der Waals surface area contributed by atoms with Crippen LogP contribution in [0.4, 0.5) is 4.79 Å². The van der Waals surface area contributed by atoms with E-state index in [9.17, 15) is 14.4 Å². The number of aromatic amines is 2. The first-order valence-corrected chi connectivity index (χ1v) is 20.6. The number of nitrogens with one attached hydrogen (secondary N) is 4. The molecule has 5 aromatic rings. The number of imidazole rings is 2. The van der Waals surface area contributed by atoms with Crippen LogP contribution in [0.5, 0.6) is 0 Å². The number of carbonyl (C=O) groups excluding carboxylic acids is 3. The van der Waals surface area contributed by atoms with Crippen LogP contribution in [0.3, 0.4) is 0 Å². The quantitative estimate of drug-likeness (QED) is 0.118. The molecule has 2 saturated heterocycles. The average molecular weight is 799 g/mol. The highest BCUT2D eigenvalue weighted by Crippen LogP contribution is 2.56. The number of ether oxygens (including phenoxy) is 3. The first-order valence-electron chi connectivity index (χ1n) is 20.6. The van der Waals surface area contributed by atoms with Crippen LogP contribution in [-0.4, -0.2) is 86.4 Å². The van der Waals surface area contributed by atoms with E-state index in [2.05, 4.69) is 74.1 Å². The molecule has 2 aliphatic carbocycles. The van der Waals surface area contributed by atoms with Gasteiger partial charge in [0.15, 0.2) is 5.79 Å². The summed E-state index contributed by atoms with van der Waals surface area (Å²) < 4.78 is 16.9. The highest BCUT2D eigenvalue weighted by Gasteiger charge is 2.54. The number of pyridine rings is 1. The van der Waals surface area contributed by atoms with E-state index in [0.29, 0.717) is 43.8 Å². The Labute approximate surface area is 342 Å². The maximum atomic E-state index is 14.0. The Morgan fingerprint density at radius 2 is 1.49 bits per heavy atom. The van der Waals surface area contributed by atoms with Gasteiger partial charge in [-0.05, 0) is 70.9 Å². The van der Waals surface area contributed by atoms with E-state index in [-0.39, 0.29) is 36.1 Å². The Morgan fingerprint density at radius 1 is 0.864 bits per heavy atom. The summed E-state index contributed by atoms with van der Waals surface area (Å²) in [6, 6.07) is 19.3. The number of nitrogens with zero attached hydrogens (tertiary/aromatic N) is 4. The van der Waals surface area contributed by atoms with Gasteiger partial charge in [0.05, 0.1) is 62.6 Å². The number of H-pyrrole nitrogens is 2. The number of carbonyl (C=O) groups is 3. The Balaban J connectivity index is 0.874. The monoisotopic (exact) mass is 798 g/mol. The molecule has 6 atom stereocenters. The molecule has 2 bridgehead atoms. The van der Waals surface area contributed by atoms with Gasteiger partial charge in [-0.3, -0.25) is 14.6 Å². The zero-order valence-corrected chi connectivity index (χ0v) is 33.5. The van der Waals surface area contributed by atoms with E-state index >= 15 is 0 Å². The minimum Gasteiger partial charge on any atom is -0.453 e. The molecule has 1 spiro atoms. The van der Waals surface area contributed by atoms with Crippen molar-refractivity contribution in [3.63, 3.8) is 0 Å². The molecule has 306 valence electrons. The third-order valence-corrected chi connectivity index (χ3v) is 12.7. The lowest BCUT2D eigenvalue weighted by atomic mass is 9.78. The summed E-state index contributed by atoms with van der Waals surface area (Å²) in [7, 11) is 1.28. The van der Waals surface area contributed by atoms with Crippen molar-refractivity contribution >= 4 is 17.9 Å². The van der Waals surface area contributed by atoms with Crippen molar-refractivity contribution in [3.05, 3.63) is 103 Å². The molecule has 4 N–H and O–H groups in total. The van der Waals surface area contributed by atoms with E-state index in [0.717, 1.165) is 64.3 Å². The largest absolute Gasteiger partial charge is 0.453 e. The maximum absolute atomic E-state index is 14.0. The Hall–Kier alpha value is -5.86. The van der Waals surface area contributed by atoms with Gasteiger partial charge in [-0.25, -0.2) is 14.8 Å². The van der Waals surface area contributed by atoms with Crippen LogP contribution in [0, 0.1) is 23.7 Å². The van der Waals surface area contributed by atoms with Crippen molar-refractivity contribution in [2.75, 3.05) is 26.9 Å². The summed E-state index contributed by atoms with van der Waals surface area (Å²) in [6.07, 6.45) is 10.3. The lowest BCUT2D eigenvalue weighted by molar-refractivity contribution is -0.153. The predicted molar refractivity (Wildman–Crippen MR) is 218 cm³/mol. The number of rotatable bonds is 11.